The van der Waals surface area contributed by atoms with E-state index in [4.69, 9.17) is 9.57 Å². The Balaban J connectivity index is 1.21. The molecule has 9 atom stereocenters. The van der Waals surface area contributed by atoms with E-state index in [0.29, 0.717) is 34.5 Å². The maximum Gasteiger partial charge on any atom is 0.251 e. The van der Waals surface area contributed by atoms with E-state index in [0.717, 1.165) is 41.8 Å². The summed E-state index contributed by atoms with van der Waals surface area (Å²) in [5.74, 6) is 1.65. The minimum Gasteiger partial charge on any atom is -0.496 e. The van der Waals surface area contributed by atoms with E-state index in [1.807, 2.05) is 73.6 Å². The van der Waals surface area contributed by atoms with Gasteiger partial charge in [-0.2, -0.15) is 5.06 Å². The first kappa shape index (κ1) is 38.3. The van der Waals surface area contributed by atoms with Crippen LogP contribution >= 0.6 is 0 Å². The number of ether oxygens (including phenoxy) is 1. The third-order valence-corrected chi connectivity index (χ3v) is 14.2. The summed E-state index contributed by atoms with van der Waals surface area (Å²) < 4.78 is 6.12. The molecule has 4 aliphatic rings. The lowest BCUT2D eigenvalue weighted by atomic mass is 9.14. The van der Waals surface area contributed by atoms with Crippen LogP contribution in [0.5, 0.6) is 5.75 Å². The van der Waals surface area contributed by atoms with E-state index in [1.165, 1.54) is 5.56 Å². The first-order valence-corrected chi connectivity index (χ1v) is 19.6. The molecule has 7 rings (SSSR count). The quantitative estimate of drug-likeness (QED) is 0.177. The number of rotatable bonds is 14. The molecule has 0 unspecified atom stereocenters. The number of methoxy groups -OCH3 is 1. The SMILES string of the molecule is CNC(=O)c1cc(-c2cccc(CN3O[C@@H](CO)[C@@H]([C@H](C)NCCc4ccccc4)[C@H]3C(=O)N[C@]34C[C@@H]5C(C)(C)[C@H]([C@@H]3C)[C@@]54C)c2OC)cc(N(C)C)c1. The average Bonchev–Trinajstić information content (AvgIpc) is 3.53. The van der Waals surface area contributed by atoms with Gasteiger partial charge >= 0.3 is 0 Å². The van der Waals surface area contributed by atoms with Crippen molar-refractivity contribution in [3.63, 3.8) is 0 Å². The number of anilines is 1. The second kappa shape index (κ2) is 14.3. The Morgan fingerprint density at radius 2 is 1.81 bits per heavy atom. The second-order valence-electron chi connectivity index (χ2n) is 17.2. The van der Waals surface area contributed by atoms with Gasteiger partial charge in [-0.25, -0.2) is 0 Å². The van der Waals surface area contributed by atoms with Gasteiger partial charge in [0.05, 0.1) is 20.3 Å². The standard InChI is InChI=1S/C44H59N5O5/c1-26-39-42(3,4)35-23-44(26,43(35,39)5)47-41(52)37-36(27(2)46-19-18-28-14-11-10-12-15-28)34(25-50)54-49(37)24-29-16-13-17-33(38(29)53-9)30-20-31(40(51)45-6)22-32(21-30)48(7)8/h10-17,20-22,26-27,34-37,39,46,50H,18-19,23-25H2,1-9H3,(H,45,51)(H,47,52)/t26-,27-,34-,35+,36+,37-,39-,43+,44+/m0/s1. The van der Waals surface area contributed by atoms with Crippen molar-refractivity contribution in [2.75, 3.05) is 46.3 Å². The maximum absolute atomic E-state index is 14.9. The fourth-order valence-corrected chi connectivity index (χ4v) is 11.7. The summed E-state index contributed by atoms with van der Waals surface area (Å²) in [6, 6.07) is 21.3. The van der Waals surface area contributed by atoms with E-state index in [-0.39, 0.29) is 47.9 Å². The molecule has 3 aromatic carbocycles. The van der Waals surface area contributed by atoms with Gasteiger partial charge in [-0.1, -0.05) is 76.2 Å². The van der Waals surface area contributed by atoms with Gasteiger partial charge in [0.2, 0.25) is 5.91 Å². The van der Waals surface area contributed by atoms with E-state index < -0.39 is 12.1 Å². The highest BCUT2D eigenvalue weighted by atomic mass is 16.7. The van der Waals surface area contributed by atoms with Gasteiger partial charge in [0.15, 0.2) is 0 Å². The van der Waals surface area contributed by atoms with Crippen LogP contribution in [0.15, 0.2) is 66.7 Å². The molecule has 0 spiro atoms. The fraction of sp³-hybridized carbons (Fsp3) is 0.545. The molecule has 4 fully saturated rings. The fourth-order valence-electron chi connectivity index (χ4n) is 11.7. The van der Waals surface area contributed by atoms with Crippen LogP contribution in [0.4, 0.5) is 5.69 Å². The predicted molar refractivity (Wildman–Crippen MR) is 212 cm³/mol. The molecule has 2 amide bonds. The van der Waals surface area contributed by atoms with E-state index >= 15 is 0 Å². The minimum absolute atomic E-state index is 0.0497. The summed E-state index contributed by atoms with van der Waals surface area (Å²) in [5.41, 5.74) is 5.32. The molecule has 4 N–H and O–H groups in total. The first-order chi connectivity index (χ1) is 25.7. The van der Waals surface area contributed by atoms with Crippen molar-refractivity contribution in [1.29, 1.82) is 0 Å². The minimum atomic E-state index is -0.664. The van der Waals surface area contributed by atoms with Crippen LogP contribution in [-0.4, -0.2) is 87.1 Å². The first-order valence-electron chi connectivity index (χ1n) is 19.6. The van der Waals surface area contributed by atoms with E-state index in [9.17, 15) is 14.7 Å². The van der Waals surface area contributed by atoms with Gasteiger partial charge in [-0.15, -0.1) is 0 Å². The topological polar surface area (TPSA) is 115 Å². The molecule has 1 aliphatic heterocycles. The molecule has 3 aliphatic carbocycles. The largest absolute Gasteiger partial charge is 0.496 e. The summed E-state index contributed by atoms with van der Waals surface area (Å²) >= 11 is 0. The van der Waals surface area contributed by atoms with Crippen LogP contribution in [-0.2, 0) is 22.6 Å². The highest BCUT2D eigenvalue weighted by Crippen LogP contribution is 2.88. The zero-order chi connectivity index (χ0) is 38.7. The van der Waals surface area contributed by atoms with Crippen molar-refractivity contribution < 1.29 is 24.3 Å². The number of hydroxylamine groups is 2. The molecule has 0 radical (unpaired) electrons. The Hall–Kier alpha value is -3.96. The molecule has 3 saturated carbocycles. The molecule has 0 aromatic heterocycles. The summed E-state index contributed by atoms with van der Waals surface area (Å²) in [6.45, 7) is 12.3. The summed E-state index contributed by atoms with van der Waals surface area (Å²) in [5, 5.41) is 22.6. The van der Waals surface area contributed by atoms with Crippen LogP contribution in [0.25, 0.3) is 11.1 Å². The van der Waals surface area contributed by atoms with Crippen molar-refractivity contribution in [1.82, 2.24) is 21.0 Å². The smallest absolute Gasteiger partial charge is 0.251 e. The Bertz CT molecular complexity index is 1880. The van der Waals surface area contributed by atoms with Crippen LogP contribution in [0, 0.1) is 34.5 Å². The van der Waals surface area contributed by atoms with Gasteiger partial charge in [0.1, 0.15) is 17.9 Å². The van der Waals surface area contributed by atoms with Crippen LogP contribution in [0.2, 0.25) is 0 Å². The number of carbonyl (C=O) groups excluding carboxylic acids is 2. The summed E-state index contributed by atoms with van der Waals surface area (Å²) in [4.78, 5) is 36.3. The molecule has 1 heterocycles. The highest BCUT2D eigenvalue weighted by Gasteiger charge is 2.89. The number of aliphatic hydroxyl groups is 1. The van der Waals surface area contributed by atoms with Crippen molar-refractivity contribution in [2.24, 2.45) is 34.5 Å². The second-order valence-corrected chi connectivity index (χ2v) is 17.2. The number of aliphatic hydroxyl groups excluding tert-OH is 1. The summed E-state index contributed by atoms with van der Waals surface area (Å²) in [7, 11) is 7.16. The van der Waals surface area contributed by atoms with Gasteiger partial charge in [0.25, 0.3) is 5.91 Å². The number of nitrogens with zero attached hydrogens (tertiary/aromatic N) is 2. The van der Waals surface area contributed by atoms with E-state index in [1.54, 1.807) is 19.2 Å². The molecule has 290 valence electrons. The molecule has 10 nitrogen and oxygen atoms in total. The normalized spacial score (nSPS) is 30.9. The van der Waals surface area contributed by atoms with Crippen molar-refractivity contribution >= 4 is 17.5 Å². The third kappa shape index (κ3) is 5.83. The molecule has 3 aromatic rings. The number of hydrogen-bond acceptors (Lipinski definition) is 8. The Morgan fingerprint density at radius 1 is 1.07 bits per heavy atom. The van der Waals surface area contributed by atoms with Crippen molar-refractivity contribution in [2.45, 2.75) is 77.7 Å². The van der Waals surface area contributed by atoms with E-state index in [2.05, 4.69) is 62.7 Å². The Morgan fingerprint density at radius 3 is 2.44 bits per heavy atom. The van der Waals surface area contributed by atoms with Crippen molar-refractivity contribution in [3.8, 4) is 16.9 Å². The zero-order valence-electron chi connectivity index (χ0n) is 33.4. The molecular formula is C44H59N5O5. The molecule has 1 saturated heterocycles. The third-order valence-electron chi connectivity index (χ3n) is 14.2. The molecule has 54 heavy (non-hydrogen) atoms. The summed E-state index contributed by atoms with van der Waals surface area (Å²) in [6.07, 6.45) is 1.26. The van der Waals surface area contributed by atoms with Gasteiger partial charge < -0.3 is 30.7 Å². The number of benzene rings is 3. The van der Waals surface area contributed by atoms with Crippen molar-refractivity contribution in [3.05, 3.63) is 83.4 Å². The zero-order valence-corrected chi connectivity index (χ0v) is 33.4. The maximum atomic E-state index is 14.9. The lowest BCUT2D eigenvalue weighted by molar-refractivity contribution is -0.413. The molecule has 0 bridgehead atoms. The number of hydrogen-bond donors (Lipinski definition) is 4. The monoisotopic (exact) mass is 737 g/mol. The Labute approximate surface area is 320 Å². The van der Waals surface area contributed by atoms with Crippen LogP contribution in [0.3, 0.4) is 0 Å². The van der Waals surface area contributed by atoms with Crippen LogP contribution in [0.1, 0.15) is 62.5 Å². The van der Waals surface area contributed by atoms with Gasteiger partial charge in [0, 0.05) is 61.0 Å². The molecule has 10 heteroatoms. The highest BCUT2D eigenvalue weighted by molar-refractivity contribution is 5.97. The number of nitrogens with one attached hydrogen (secondary N) is 3. The number of carbonyl (C=O) groups is 2. The predicted octanol–water partition coefficient (Wildman–Crippen LogP) is 5.29. The van der Waals surface area contributed by atoms with Gasteiger partial charge in [-0.3, -0.25) is 14.4 Å². The number of para-hydroxylation sites is 1. The number of amides is 2. The van der Waals surface area contributed by atoms with Crippen LogP contribution < -0.4 is 25.6 Å². The Kier molecular flexibility index (Phi) is 10.1. The average molecular weight is 738 g/mol. The van der Waals surface area contributed by atoms with Gasteiger partial charge in [-0.05, 0) is 84.2 Å². The lowest BCUT2D eigenvalue weighted by Gasteiger charge is -2.92. The molecular weight excluding hydrogens is 679 g/mol. The lowest BCUT2D eigenvalue weighted by Crippen LogP contribution is -2.95.